The van der Waals surface area contributed by atoms with E-state index in [2.05, 4.69) is 20.7 Å². The van der Waals surface area contributed by atoms with Gasteiger partial charge in [0.2, 0.25) is 0 Å². The number of likely N-dealkylation sites (tertiary alicyclic amines) is 1. The van der Waals surface area contributed by atoms with E-state index >= 15 is 0 Å². The maximum absolute atomic E-state index is 12.8. The number of benzene rings is 1. The zero-order valence-electron chi connectivity index (χ0n) is 16.6. The summed E-state index contributed by atoms with van der Waals surface area (Å²) in [5.41, 5.74) is 8.60. The Bertz CT molecular complexity index is 1060. The van der Waals surface area contributed by atoms with Crippen LogP contribution in [0.2, 0.25) is 0 Å². The number of nitrogen functional groups attached to an aromatic ring is 1. The number of carbonyl (C=O) groups excluding carboxylic acids is 2. The Morgan fingerprint density at radius 3 is 2.70 bits per heavy atom. The minimum atomic E-state index is -0.305. The molecule has 0 unspecified atom stereocenters. The van der Waals surface area contributed by atoms with Crippen LogP contribution in [0.1, 0.15) is 16.8 Å². The summed E-state index contributed by atoms with van der Waals surface area (Å²) < 4.78 is 1.68. The lowest BCUT2D eigenvalue weighted by atomic mass is 10.1. The minimum absolute atomic E-state index is 0.152. The van der Waals surface area contributed by atoms with Gasteiger partial charge in [-0.1, -0.05) is 18.2 Å². The van der Waals surface area contributed by atoms with Crippen molar-refractivity contribution in [3.63, 3.8) is 0 Å². The lowest BCUT2D eigenvalue weighted by Crippen LogP contribution is -2.40. The fraction of sp³-hybridized carbons (Fsp3) is 0.238. The zero-order valence-corrected chi connectivity index (χ0v) is 16.6. The number of hydrogen-bond acceptors (Lipinski definition) is 5. The highest BCUT2D eigenvalue weighted by Gasteiger charge is 2.28. The molecular formula is C21H23N7O2. The normalized spacial score (nSPS) is 15.8. The fourth-order valence-corrected chi connectivity index (χ4v) is 3.44. The summed E-state index contributed by atoms with van der Waals surface area (Å²) in [4.78, 5) is 31.1. The Morgan fingerprint density at radius 1 is 1.17 bits per heavy atom. The van der Waals surface area contributed by atoms with Gasteiger partial charge in [0.05, 0.1) is 11.8 Å². The number of para-hydroxylation sites is 1. The number of carbonyl (C=O) groups is 2. The number of hydrogen-bond donors (Lipinski definition) is 3. The molecule has 1 atom stereocenters. The van der Waals surface area contributed by atoms with Crippen molar-refractivity contribution < 1.29 is 9.59 Å². The first-order chi connectivity index (χ1) is 14.5. The number of nitrogens with one attached hydrogen (secondary N) is 2. The van der Waals surface area contributed by atoms with Crippen LogP contribution < -0.4 is 16.4 Å². The van der Waals surface area contributed by atoms with Crippen molar-refractivity contribution in [2.75, 3.05) is 24.1 Å². The molecule has 9 heteroatoms. The smallest absolute Gasteiger partial charge is 0.321 e. The van der Waals surface area contributed by atoms with Crippen molar-refractivity contribution in [3.8, 4) is 11.1 Å². The Morgan fingerprint density at radius 2 is 1.97 bits per heavy atom. The lowest BCUT2D eigenvalue weighted by molar-refractivity contribution is 0.0938. The van der Waals surface area contributed by atoms with E-state index in [9.17, 15) is 9.59 Å². The molecule has 1 aromatic carbocycles. The maximum atomic E-state index is 12.8. The number of amides is 3. The maximum Gasteiger partial charge on any atom is 0.321 e. The number of nitrogens with two attached hydrogens (primary N) is 1. The summed E-state index contributed by atoms with van der Waals surface area (Å²) in [5, 5.41) is 9.97. The number of anilines is 2. The van der Waals surface area contributed by atoms with Gasteiger partial charge in [-0.2, -0.15) is 5.10 Å². The standard InChI is InChI=1S/C21H23N7O2/c1-27-12-15(11-24-27)14-9-18(19(22)23-10-14)20(29)25-17-7-8-28(13-17)21(30)26-16-5-3-2-4-6-16/h2-6,9-12,17H,7-8,13H2,1H3,(H2,22,23)(H,25,29)(H,26,30)/t17-/m0/s1. The van der Waals surface area contributed by atoms with Gasteiger partial charge in [0.1, 0.15) is 5.82 Å². The summed E-state index contributed by atoms with van der Waals surface area (Å²) in [7, 11) is 1.82. The van der Waals surface area contributed by atoms with Crippen LogP contribution in [-0.2, 0) is 7.05 Å². The molecule has 4 N–H and O–H groups in total. The first-order valence-electron chi connectivity index (χ1n) is 9.66. The molecule has 1 aliphatic heterocycles. The molecule has 1 fully saturated rings. The lowest BCUT2D eigenvalue weighted by Gasteiger charge is -2.18. The Labute approximate surface area is 173 Å². The zero-order chi connectivity index (χ0) is 21.1. The van der Waals surface area contributed by atoms with Crippen molar-refractivity contribution in [1.82, 2.24) is 25.0 Å². The molecule has 2 aromatic heterocycles. The van der Waals surface area contributed by atoms with Gasteiger partial charge in [0.25, 0.3) is 5.91 Å². The van der Waals surface area contributed by atoms with E-state index in [1.165, 1.54) is 0 Å². The van der Waals surface area contributed by atoms with Gasteiger partial charge in [-0.05, 0) is 24.6 Å². The molecule has 1 aliphatic rings. The highest BCUT2D eigenvalue weighted by molar-refractivity contribution is 5.99. The highest BCUT2D eigenvalue weighted by atomic mass is 16.2. The quantitative estimate of drug-likeness (QED) is 0.614. The van der Waals surface area contributed by atoms with E-state index in [4.69, 9.17) is 5.73 Å². The van der Waals surface area contributed by atoms with Crippen LogP contribution >= 0.6 is 0 Å². The second kappa shape index (κ2) is 8.24. The number of aromatic nitrogens is 3. The minimum Gasteiger partial charge on any atom is -0.383 e. The predicted molar refractivity (Wildman–Crippen MR) is 114 cm³/mol. The SMILES string of the molecule is Cn1cc(-c2cnc(N)c(C(=O)N[C@H]3CCN(C(=O)Nc4ccccc4)C3)c2)cn1. The molecule has 0 bridgehead atoms. The fourth-order valence-electron chi connectivity index (χ4n) is 3.44. The third-order valence-corrected chi connectivity index (χ3v) is 5.04. The second-order valence-corrected chi connectivity index (χ2v) is 7.26. The Kier molecular flexibility index (Phi) is 5.34. The van der Waals surface area contributed by atoms with Crippen LogP contribution in [0.25, 0.3) is 11.1 Å². The van der Waals surface area contributed by atoms with Crippen LogP contribution in [0.15, 0.2) is 55.0 Å². The van der Waals surface area contributed by atoms with Crippen LogP contribution in [0.4, 0.5) is 16.3 Å². The molecule has 154 valence electrons. The Balaban J connectivity index is 1.39. The summed E-state index contributed by atoms with van der Waals surface area (Å²) in [6, 6.07) is 10.7. The van der Waals surface area contributed by atoms with Crippen molar-refractivity contribution >= 4 is 23.4 Å². The molecule has 4 rings (SSSR count). The van der Waals surface area contributed by atoms with Crippen LogP contribution in [0.5, 0.6) is 0 Å². The van der Waals surface area contributed by atoms with Crippen molar-refractivity contribution in [3.05, 3.63) is 60.6 Å². The molecule has 1 saturated heterocycles. The predicted octanol–water partition coefficient (Wildman–Crippen LogP) is 2.10. The van der Waals surface area contributed by atoms with E-state index < -0.39 is 0 Å². The van der Waals surface area contributed by atoms with Gasteiger partial charge in [-0.3, -0.25) is 9.48 Å². The third-order valence-electron chi connectivity index (χ3n) is 5.04. The summed E-state index contributed by atoms with van der Waals surface area (Å²) >= 11 is 0. The molecule has 0 aliphatic carbocycles. The molecule has 9 nitrogen and oxygen atoms in total. The van der Waals surface area contributed by atoms with Crippen LogP contribution in [-0.4, -0.2) is 50.7 Å². The van der Waals surface area contributed by atoms with Gasteiger partial charge in [-0.25, -0.2) is 9.78 Å². The summed E-state index contributed by atoms with van der Waals surface area (Å²) in [6.07, 6.45) is 5.84. The van der Waals surface area contributed by atoms with E-state index in [0.29, 0.717) is 25.1 Å². The largest absolute Gasteiger partial charge is 0.383 e. The van der Waals surface area contributed by atoms with E-state index in [-0.39, 0.29) is 23.8 Å². The number of aryl methyl sites for hydroxylation is 1. The highest BCUT2D eigenvalue weighted by Crippen LogP contribution is 2.22. The molecule has 30 heavy (non-hydrogen) atoms. The van der Waals surface area contributed by atoms with E-state index in [1.54, 1.807) is 28.0 Å². The number of urea groups is 1. The van der Waals surface area contributed by atoms with Gasteiger partial charge < -0.3 is 21.3 Å². The van der Waals surface area contributed by atoms with E-state index in [1.807, 2.05) is 43.6 Å². The molecule has 0 radical (unpaired) electrons. The molecule has 0 saturated carbocycles. The molecule has 3 heterocycles. The Hall–Kier alpha value is -3.88. The topological polar surface area (TPSA) is 118 Å². The van der Waals surface area contributed by atoms with Crippen molar-refractivity contribution in [2.45, 2.75) is 12.5 Å². The van der Waals surface area contributed by atoms with Gasteiger partial charge in [-0.15, -0.1) is 0 Å². The molecule has 3 aromatic rings. The second-order valence-electron chi connectivity index (χ2n) is 7.26. The van der Waals surface area contributed by atoms with Crippen molar-refractivity contribution in [2.24, 2.45) is 7.05 Å². The average molecular weight is 405 g/mol. The van der Waals surface area contributed by atoms with Gasteiger partial charge >= 0.3 is 6.03 Å². The number of rotatable bonds is 4. The first-order valence-corrected chi connectivity index (χ1v) is 9.66. The summed E-state index contributed by atoms with van der Waals surface area (Å²) in [5.74, 6) is -0.141. The monoisotopic (exact) mass is 405 g/mol. The third kappa shape index (κ3) is 4.24. The molecule has 3 amide bonds. The molecule has 0 spiro atoms. The number of pyridine rings is 1. The van der Waals surface area contributed by atoms with Crippen LogP contribution in [0, 0.1) is 0 Å². The van der Waals surface area contributed by atoms with Crippen LogP contribution in [0.3, 0.4) is 0 Å². The average Bonchev–Trinajstić information content (AvgIpc) is 3.38. The summed E-state index contributed by atoms with van der Waals surface area (Å²) in [6.45, 7) is 0.993. The van der Waals surface area contributed by atoms with Gasteiger partial charge in [0, 0.05) is 55.4 Å². The first kappa shape index (κ1) is 19.4. The van der Waals surface area contributed by atoms with Crippen molar-refractivity contribution in [1.29, 1.82) is 0 Å². The number of nitrogens with zero attached hydrogens (tertiary/aromatic N) is 4. The molecular weight excluding hydrogens is 382 g/mol. The van der Waals surface area contributed by atoms with E-state index in [0.717, 1.165) is 16.8 Å². The van der Waals surface area contributed by atoms with Gasteiger partial charge in [0.15, 0.2) is 0 Å².